The van der Waals surface area contributed by atoms with E-state index >= 15 is 0 Å². The fraction of sp³-hybridized carbons (Fsp3) is 0.368. The molecule has 0 bridgehead atoms. The Hall–Kier alpha value is -5.00. The van der Waals surface area contributed by atoms with E-state index in [2.05, 4.69) is 68.6 Å². The molecule has 57 heavy (non-hydrogen) atoms. The summed E-state index contributed by atoms with van der Waals surface area (Å²) in [4.78, 5) is 19.6. The SMILES string of the molecule is C[C@@H]1COCCN1c1cc(N=S(C)(C)=O)nc(-n2c(N)nc3ccccc32)c1.C[C@@H]1COCCN1c1cc(N=S(C)(C)=O)nc(Nc2ccccc2N)c1.N#CBr. The van der Waals surface area contributed by atoms with Crippen molar-refractivity contribution in [3.8, 4) is 10.8 Å². The average Bonchev–Trinajstić information content (AvgIpc) is 3.47. The molecule has 19 heteroatoms. The van der Waals surface area contributed by atoms with Gasteiger partial charge in [0.05, 0.1) is 48.8 Å². The summed E-state index contributed by atoms with van der Waals surface area (Å²) in [6, 6.07) is 23.3. The quantitative estimate of drug-likeness (QED) is 0.150. The first-order valence-corrected chi connectivity index (χ1v) is 23.4. The van der Waals surface area contributed by atoms with E-state index in [4.69, 9.17) is 26.2 Å². The molecule has 2 saturated heterocycles. The fourth-order valence-corrected chi connectivity index (χ4v) is 7.39. The minimum atomic E-state index is -2.36. The highest BCUT2D eigenvalue weighted by Crippen LogP contribution is 2.32. The molecule has 0 radical (unpaired) electrons. The van der Waals surface area contributed by atoms with Crippen molar-refractivity contribution in [2.24, 2.45) is 8.73 Å². The summed E-state index contributed by atoms with van der Waals surface area (Å²) in [7, 11) is -4.68. The Balaban J connectivity index is 0.000000204. The summed E-state index contributed by atoms with van der Waals surface area (Å²) in [5, 5.41) is 10.5. The molecule has 5 N–H and O–H groups in total. The van der Waals surface area contributed by atoms with Gasteiger partial charge in [0.25, 0.3) is 0 Å². The Morgan fingerprint density at radius 3 is 1.89 bits per heavy atom. The molecule has 3 aromatic heterocycles. The average molecular weight is 882 g/mol. The largest absolute Gasteiger partial charge is 0.397 e. The standard InChI is InChI=1S/C19H24N6O2S.C18H25N5O2S.CBrN/c1-13-12-27-9-8-24(13)14-10-17(23-28(2,3)26)22-18(11-14)25-16-7-5-4-6-15(16)21-19(25)20;1-13-12-25-9-8-23(13)14-10-17(20-16-7-5-4-6-15(16)19)21-18(11-14)22-26(2,3)24;2-1-3/h4-7,10-11,13H,8-9,12H2,1-3H3,(H2,20,21);4-7,10-11,13H,8-9,12,19H2,1-3H3,(H,20,21);/t2*13-;/m11./s1. The van der Waals surface area contributed by atoms with Crippen LogP contribution in [0, 0.1) is 10.2 Å². The lowest BCUT2D eigenvalue weighted by Gasteiger charge is -2.35. The highest BCUT2D eigenvalue weighted by molar-refractivity contribution is 9.12. The summed E-state index contributed by atoms with van der Waals surface area (Å²) in [6.07, 6.45) is 6.39. The first-order valence-electron chi connectivity index (χ1n) is 18.0. The number of rotatable bonds is 7. The Bertz CT molecular complexity index is 2480. The normalized spacial score (nSPS) is 17.0. The molecule has 16 nitrogen and oxygen atoms in total. The smallest absolute Gasteiger partial charge is 0.207 e. The maximum atomic E-state index is 12.3. The topological polar surface area (TPSA) is 215 Å². The lowest BCUT2D eigenvalue weighted by atomic mass is 10.2. The van der Waals surface area contributed by atoms with Crippen LogP contribution in [0.4, 0.5) is 46.2 Å². The molecule has 2 aliphatic rings. The van der Waals surface area contributed by atoms with Crippen LogP contribution in [0.1, 0.15) is 13.8 Å². The van der Waals surface area contributed by atoms with E-state index in [1.54, 1.807) is 34.6 Å². The molecule has 7 rings (SSSR count). The van der Waals surface area contributed by atoms with Gasteiger partial charge >= 0.3 is 0 Å². The number of para-hydroxylation sites is 4. The van der Waals surface area contributed by atoms with Gasteiger partial charge in [-0.25, -0.2) is 23.4 Å². The monoisotopic (exact) mass is 880 g/mol. The fourth-order valence-electron chi connectivity index (χ4n) is 6.30. The molecule has 5 aromatic rings. The highest BCUT2D eigenvalue weighted by Gasteiger charge is 2.23. The van der Waals surface area contributed by atoms with Crippen LogP contribution in [0.15, 0.2) is 81.5 Å². The molecule has 0 saturated carbocycles. The second kappa shape index (κ2) is 19.0. The van der Waals surface area contributed by atoms with Crippen molar-refractivity contribution in [2.45, 2.75) is 25.9 Å². The minimum Gasteiger partial charge on any atom is -0.397 e. The van der Waals surface area contributed by atoms with Crippen LogP contribution < -0.4 is 26.6 Å². The summed E-state index contributed by atoms with van der Waals surface area (Å²) in [5.74, 6) is 2.42. The Morgan fingerprint density at radius 2 is 1.33 bits per heavy atom. The molecule has 0 amide bonds. The van der Waals surface area contributed by atoms with E-state index < -0.39 is 19.5 Å². The van der Waals surface area contributed by atoms with Crippen LogP contribution in [0.3, 0.4) is 0 Å². The predicted molar refractivity (Wildman–Crippen MR) is 236 cm³/mol. The molecule has 2 aliphatic heterocycles. The zero-order chi connectivity index (χ0) is 41.3. The van der Waals surface area contributed by atoms with Crippen molar-refractivity contribution in [1.82, 2.24) is 19.5 Å². The predicted octanol–water partition coefficient (Wildman–Crippen LogP) is 6.44. The van der Waals surface area contributed by atoms with Crippen LogP contribution in [0.5, 0.6) is 0 Å². The van der Waals surface area contributed by atoms with Crippen LogP contribution >= 0.6 is 15.9 Å². The number of fused-ring (bicyclic) bond motifs is 1. The van der Waals surface area contributed by atoms with E-state index in [9.17, 15) is 8.42 Å². The van der Waals surface area contributed by atoms with Crippen molar-refractivity contribution in [1.29, 1.82) is 5.26 Å². The van der Waals surface area contributed by atoms with Gasteiger partial charge in [-0.05, 0) is 38.1 Å². The molecule has 304 valence electrons. The van der Waals surface area contributed by atoms with Crippen LogP contribution in [0.2, 0.25) is 0 Å². The minimum absolute atomic E-state index is 0.210. The number of imidazole rings is 1. The molecule has 0 spiro atoms. The Labute approximate surface area is 343 Å². The number of nitrogens with zero attached hydrogens (tertiary/aromatic N) is 9. The number of nitrogens with two attached hydrogens (primary N) is 2. The second-order valence-corrected chi connectivity index (χ2v) is 19.4. The van der Waals surface area contributed by atoms with Gasteiger partial charge in [0.1, 0.15) is 16.6 Å². The number of hydrogen-bond acceptors (Lipinski definition) is 15. The summed E-state index contributed by atoms with van der Waals surface area (Å²) in [6.45, 7) is 8.42. The van der Waals surface area contributed by atoms with Gasteiger partial charge in [-0.1, -0.05) is 24.3 Å². The van der Waals surface area contributed by atoms with Gasteiger partial charge in [0.2, 0.25) is 5.95 Å². The molecular formula is C38H49BrN12O4S2. The third kappa shape index (κ3) is 12.0. The number of nitrogen functional groups attached to an aromatic ring is 2. The first kappa shape index (κ1) is 43.1. The van der Waals surface area contributed by atoms with Gasteiger partial charge < -0.3 is 36.1 Å². The van der Waals surface area contributed by atoms with Gasteiger partial charge in [0.15, 0.2) is 11.6 Å². The number of nitriles is 1. The first-order chi connectivity index (χ1) is 27.0. The number of pyridine rings is 2. The zero-order valence-corrected chi connectivity index (χ0v) is 36.1. The van der Waals surface area contributed by atoms with Crippen molar-refractivity contribution in [3.05, 3.63) is 72.8 Å². The molecule has 0 unspecified atom stereocenters. The Morgan fingerprint density at radius 1 is 0.807 bits per heavy atom. The maximum Gasteiger partial charge on any atom is 0.207 e. The highest BCUT2D eigenvalue weighted by atomic mass is 79.9. The molecular weight excluding hydrogens is 833 g/mol. The molecule has 2 fully saturated rings. The summed E-state index contributed by atoms with van der Waals surface area (Å²) < 4.78 is 46.0. The molecule has 2 atom stereocenters. The summed E-state index contributed by atoms with van der Waals surface area (Å²) >= 11 is 2.45. The third-order valence-corrected chi connectivity index (χ3v) is 9.90. The number of halogens is 1. The van der Waals surface area contributed by atoms with Crippen LogP contribution in [0.25, 0.3) is 16.9 Å². The van der Waals surface area contributed by atoms with Crippen LogP contribution in [-0.2, 0) is 28.9 Å². The molecule has 5 heterocycles. The second-order valence-electron chi connectivity index (χ2n) is 14.0. The van der Waals surface area contributed by atoms with E-state index in [0.717, 1.165) is 41.2 Å². The van der Waals surface area contributed by atoms with E-state index in [0.29, 0.717) is 61.3 Å². The number of aromatic nitrogens is 4. The summed E-state index contributed by atoms with van der Waals surface area (Å²) in [5.41, 5.74) is 17.2. The van der Waals surface area contributed by atoms with Crippen LogP contribution in [-0.4, -0.2) is 105 Å². The number of ether oxygens (including phenoxy) is 2. The zero-order valence-electron chi connectivity index (χ0n) is 32.8. The molecule has 2 aromatic carbocycles. The number of benzene rings is 2. The third-order valence-electron chi connectivity index (χ3n) is 8.64. The lowest BCUT2D eigenvalue weighted by molar-refractivity contribution is 0.0989. The van der Waals surface area contributed by atoms with E-state index in [-0.39, 0.29) is 12.1 Å². The van der Waals surface area contributed by atoms with Gasteiger partial charge in [-0.3, -0.25) is 4.57 Å². The van der Waals surface area contributed by atoms with Gasteiger partial charge in [0, 0.05) is 121 Å². The van der Waals surface area contributed by atoms with Crippen molar-refractivity contribution < 1.29 is 17.9 Å². The number of morpholine rings is 2. The number of nitrogens with one attached hydrogen (secondary N) is 1. The van der Waals surface area contributed by atoms with E-state index in [1.807, 2.05) is 72.8 Å². The van der Waals surface area contributed by atoms with Crippen molar-refractivity contribution in [2.75, 3.05) is 91.1 Å². The van der Waals surface area contributed by atoms with E-state index in [1.165, 1.54) is 0 Å². The van der Waals surface area contributed by atoms with Crippen molar-refractivity contribution in [3.63, 3.8) is 0 Å². The Kier molecular flexibility index (Phi) is 14.3. The van der Waals surface area contributed by atoms with Gasteiger partial charge in [-0.15, -0.1) is 0 Å². The van der Waals surface area contributed by atoms with Crippen molar-refractivity contribution >= 4 is 92.6 Å². The number of hydrogen-bond donors (Lipinski definition) is 3. The molecule has 0 aliphatic carbocycles. The lowest BCUT2D eigenvalue weighted by Crippen LogP contribution is -2.43. The maximum absolute atomic E-state index is 12.3. The number of anilines is 6. The van der Waals surface area contributed by atoms with Gasteiger partial charge in [-0.2, -0.15) is 14.0 Å².